The lowest BCUT2D eigenvalue weighted by molar-refractivity contribution is 0.455. The van der Waals surface area contributed by atoms with Crippen LogP contribution in [0.25, 0.3) is 16.8 Å². The van der Waals surface area contributed by atoms with Crippen LogP contribution in [0.1, 0.15) is 24.5 Å². The van der Waals surface area contributed by atoms with Gasteiger partial charge in [0.1, 0.15) is 5.82 Å². The third kappa shape index (κ3) is 4.17. The van der Waals surface area contributed by atoms with E-state index in [2.05, 4.69) is 20.8 Å². The van der Waals surface area contributed by atoms with E-state index in [1.165, 1.54) is 18.4 Å². The van der Waals surface area contributed by atoms with Gasteiger partial charge in [-0.05, 0) is 37.6 Å². The minimum absolute atomic E-state index is 0.223. The number of aryl methyl sites for hydroxylation is 1. The number of benzene rings is 1. The van der Waals surface area contributed by atoms with E-state index in [1.54, 1.807) is 39.8 Å². The van der Waals surface area contributed by atoms with Gasteiger partial charge in [0.05, 0.1) is 23.0 Å². The summed E-state index contributed by atoms with van der Waals surface area (Å²) in [5, 5.41) is 15.7. The van der Waals surface area contributed by atoms with E-state index < -0.39 is 10.0 Å². The fourth-order valence-electron chi connectivity index (χ4n) is 4.24. The van der Waals surface area contributed by atoms with E-state index in [0.29, 0.717) is 5.69 Å². The van der Waals surface area contributed by atoms with Crippen molar-refractivity contribution in [2.45, 2.75) is 23.7 Å². The molecule has 4 heterocycles. The van der Waals surface area contributed by atoms with Crippen LogP contribution in [0.3, 0.4) is 0 Å². The zero-order valence-electron chi connectivity index (χ0n) is 19.4. The smallest absolute Gasteiger partial charge is 0.242 e. The Labute approximate surface area is 198 Å². The second-order valence-electron chi connectivity index (χ2n) is 8.75. The molecule has 0 bridgehead atoms. The number of nitrogens with zero attached hydrogens (tertiary/aromatic N) is 6. The summed E-state index contributed by atoms with van der Waals surface area (Å²) in [6.07, 6.45) is 7.69. The maximum atomic E-state index is 12.6. The average molecular weight is 481 g/mol. The summed E-state index contributed by atoms with van der Waals surface area (Å²) in [4.78, 5) is 5.23. The minimum atomic E-state index is -3.55. The monoisotopic (exact) mass is 480 g/mol. The summed E-state index contributed by atoms with van der Waals surface area (Å²) in [6.45, 7) is 1.89. The lowest BCUT2D eigenvalue weighted by Gasteiger charge is -2.23. The number of aromatic nitrogens is 5. The molecule has 5 rings (SSSR count). The Bertz CT molecular complexity index is 1430. The Balaban J connectivity index is 1.61. The van der Waals surface area contributed by atoms with Crippen LogP contribution >= 0.6 is 0 Å². The van der Waals surface area contributed by atoms with Gasteiger partial charge < -0.3 is 10.6 Å². The van der Waals surface area contributed by atoms with Crippen molar-refractivity contribution < 1.29 is 8.42 Å². The van der Waals surface area contributed by atoms with E-state index >= 15 is 0 Å². The molecule has 0 saturated carbocycles. The maximum Gasteiger partial charge on any atom is 0.242 e. The first kappa shape index (κ1) is 22.5. The van der Waals surface area contributed by atoms with Gasteiger partial charge in [-0.1, -0.05) is 6.07 Å². The molecule has 1 atom stereocenters. The van der Waals surface area contributed by atoms with Crippen molar-refractivity contribution in [2.24, 2.45) is 7.05 Å². The second-order valence-corrected chi connectivity index (χ2v) is 10.9. The predicted octanol–water partition coefficient (Wildman–Crippen LogP) is 2.59. The number of hydrogen-bond acceptors (Lipinski definition) is 7. The summed E-state index contributed by atoms with van der Waals surface area (Å²) in [7, 11) is 1.38. The van der Waals surface area contributed by atoms with Crippen LogP contribution in [-0.2, 0) is 17.1 Å². The van der Waals surface area contributed by atoms with E-state index in [0.717, 1.165) is 54.2 Å². The van der Waals surface area contributed by atoms with Gasteiger partial charge in [0.15, 0.2) is 5.65 Å². The van der Waals surface area contributed by atoms with Crippen LogP contribution in [0.15, 0.2) is 53.8 Å². The van der Waals surface area contributed by atoms with Crippen LogP contribution in [0, 0.1) is 0 Å². The molecule has 1 aliphatic heterocycles. The topological polar surface area (TPSA) is 109 Å². The molecule has 1 aromatic carbocycles. The standard InChI is InChI=1S/C23H28N8O2S/c1-29(2)34(32,33)19-8-4-7-18(10-19)27-22-11-21(16-6-5-9-24-12-16)28-23-20(14-26-31(22)23)17-13-25-30(3)15-17/h4,7-8,10-11,13-16,24,27H,5-6,9,12H2,1-3H3/t16-/m0/s1. The lowest BCUT2D eigenvalue weighted by Crippen LogP contribution is -2.29. The molecule has 34 heavy (non-hydrogen) atoms. The maximum absolute atomic E-state index is 12.6. The summed E-state index contributed by atoms with van der Waals surface area (Å²) >= 11 is 0. The summed E-state index contributed by atoms with van der Waals surface area (Å²) < 4.78 is 30.0. The van der Waals surface area contributed by atoms with E-state index in [9.17, 15) is 8.42 Å². The molecule has 3 aromatic heterocycles. The molecule has 10 nitrogen and oxygen atoms in total. The Kier molecular flexibility index (Phi) is 5.84. The fourth-order valence-corrected chi connectivity index (χ4v) is 5.19. The zero-order valence-corrected chi connectivity index (χ0v) is 20.2. The SMILES string of the molecule is CN(C)S(=O)(=O)c1cccc(Nc2cc([C@H]3CCCNC3)nc3c(-c4cnn(C)c4)cnn23)c1. The summed E-state index contributed by atoms with van der Waals surface area (Å²) in [5.41, 5.74) is 4.20. The van der Waals surface area contributed by atoms with Crippen molar-refractivity contribution in [2.75, 3.05) is 32.5 Å². The van der Waals surface area contributed by atoms with Gasteiger partial charge >= 0.3 is 0 Å². The van der Waals surface area contributed by atoms with Crippen molar-refractivity contribution >= 4 is 27.2 Å². The van der Waals surface area contributed by atoms with Gasteiger partial charge in [0.2, 0.25) is 10.0 Å². The van der Waals surface area contributed by atoms with Crippen molar-refractivity contribution in [3.05, 3.63) is 54.6 Å². The van der Waals surface area contributed by atoms with Crippen molar-refractivity contribution in [3.63, 3.8) is 0 Å². The highest BCUT2D eigenvalue weighted by Gasteiger charge is 2.22. The van der Waals surface area contributed by atoms with Gasteiger partial charge in [0, 0.05) is 62.7 Å². The highest BCUT2D eigenvalue weighted by Crippen LogP contribution is 2.31. The van der Waals surface area contributed by atoms with Crippen molar-refractivity contribution in [3.8, 4) is 11.1 Å². The molecule has 0 amide bonds. The molecule has 1 fully saturated rings. The Hall–Kier alpha value is -3.28. The first-order chi connectivity index (χ1) is 16.3. The second kappa shape index (κ2) is 8.82. The molecule has 4 aromatic rings. The first-order valence-electron chi connectivity index (χ1n) is 11.2. The highest BCUT2D eigenvalue weighted by atomic mass is 32.2. The number of anilines is 2. The van der Waals surface area contributed by atoms with Crippen LogP contribution in [0.2, 0.25) is 0 Å². The number of hydrogen-bond donors (Lipinski definition) is 2. The third-order valence-electron chi connectivity index (χ3n) is 6.11. The average Bonchev–Trinajstić information content (AvgIpc) is 3.46. The fraction of sp³-hybridized carbons (Fsp3) is 0.348. The van der Waals surface area contributed by atoms with Gasteiger partial charge in [-0.3, -0.25) is 4.68 Å². The van der Waals surface area contributed by atoms with Gasteiger partial charge in [-0.2, -0.15) is 14.7 Å². The Morgan fingerprint density at radius 3 is 2.74 bits per heavy atom. The molecular weight excluding hydrogens is 452 g/mol. The summed E-state index contributed by atoms with van der Waals surface area (Å²) in [5.74, 6) is 1.01. The molecule has 178 valence electrons. The third-order valence-corrected chi connectivity index (χ3v) is 7.92. The highest BCUT2D eigenvalue weighted by molar-refractivity contribution is 7.89. The number of fused-ring (bicyclic) bond motifs is 1. The number of rotatable bonds is 6. The predicted molar refractivity (Wildman–Crippen MR) is 131 cm³/mol. The van der Waals surface area contributed by atoms with Gasteiger partial charge in [0.25, 0.3) is 0 Å². The minimum Gasteiger partial charge on any atom is -0.340 e. The molecule has 0 unspecified atom stereocenters. The summed E-state index contributed by atoms with van der Waals surface area (Å²) in [6, 6.07) is 8.81. The molecule has 2 N–H and O–H groups in total. The zero-order chi connectivity index (χ0) is 23.9. The number of sulfonamides is 1. The molecule has 1 aliphatic rings. The van der Waals surface area contributed by atoms with E-state index in [-0.39, 0.29) is 10.8 Å². The Morgan fingerprint density at radius 1 is 1.18 bits per heavy atom. The van der Waals surface area contributed by atoms with Gasteiger partial charge in [-0.25, -0.2) is 17.7 Å². The first-order valence-corrected chi connectivity index (χ1v) is 12.6. The quantitative estimate of drug-likeness (QED) is 0.437. The molecule has 0 spiro atoms. The molecule has 0 radical (unpaired) electrons. The molecule has 11 heteroatoms. The van der Waals surface area contributed by atoms with Crippen LogP contribution in [0.4, 0.5) is 11.5 Å². The number of piperidine rings is 1. The molecule has 0 aliphatic carbocycles. The Morgan fingerprint density at radius 2 is 2.03 bits per heavy atom. The normalized spacial score (nSPS) is 16.9. The molecule has 1 saturated heterocycles. The van der Waals surface area contributed by atoms with Crippen molar-refractivity contribution in [1.29, 1.82) is 0 Å². The number of nitrogens with one attached hydrogen (secondary N) is 2. The van der Waals surface area contributed by atoms with Crippen molar-refractivity contribution in [1.82, 2.24) is 34.0 Å². The van der Waals surface area contributed by atoms with Gasteiger partial charge in [-0.15, -0.1) is 0 Å². The van der Waals surface area contributed by atoms with Crippen LogP contribution < -0.4 is 10.6 Å². The van der Waals surface area contributed by atoms with Crippen LogP contribution in [0.5, 0.6) is 0 Å². The van der Waals surface area contributed by atoms with E-state index in [4.69, 9.17) is 4.98 Å². The van der Waals surface area contributed by atoms with Crippen LogP contribution in [-0.4, -0.2) is 64.3 Å². The lowest BCUT2D eigenvalue weighted by atomic mass is 9.96. The largest absolute Gasteiger partial charge is 0.340 e. The van der Waals surface area contributed by atoms with E-state index in [1.807, 2.05) is 25.4 Å². The molecular formula is C23H28N8O2S.